The molecule has 0 unspecified atom stereocenters. The number of pyridine rings is 4. The van der Waals surface area contributed by atoms with Crippen molar-refractivity contribution in [2.45, 2.75) is 0 Å². The molecule has 15 aromatic rings. The lowest BCUT2D eigenvalue weighted by Gasteiger charge is -2.08. The van der Waals surface area contributed by atoms with E-state index in [1.165, 1.54) is 0 Å². The quantitative estimate of drug-likeness (QED) is 0.146. The number of H-pyrrole nitrogens is 2. The minimum absolute atomic E-state index is 0.397. The molecule has 9 heterocycles. The number of fused-ring (bicyclic) bond motifs is 24. The van der Waals surface area contributed by atoms with Gasteiger partial charge in [-0.15, -0.1) is 0 Å². The normalized spacial score (nSPS) is 11.8. The van der Waals surface area contributed by atoms with Crippen LogP contribution in [0.25, 0.3) is 133 Å². The van der Waals surface area contributed by atoms with Crippen molar-refractivity contribution < 1.29 is 18.9 Å². The Morgan fingerprint density at radius 1 is 0.238 bits per heavy atom. The molecule has 17 rings (SSSR count). The van der Waals surface area contributed by atoms with Crippen molar-refractivity contribution in [1.29, 1.82) is 0 Å². The molecule has 8 bridgehead atoms. The average molecular weight is 1090 g/mol. The first-order valence-electron chi connectivity index (χ1n) is 27.0. The standard InChI is InChI=1S/C68H38N12O4/c1-5-37-29-41(13-21-57(37)69-25-1)81-45-9-17-49-53(33-45)65-73-61(49)78-66-55-35-47(83-43-15-23-59-39(31-43)7-3-27-71-59)11-19-51(55)63(75-66)80-68-56-36-48(84-44-16-24-60-40(32-44)8-4-28-72-60)12-20-52(56)64(76-68)79-67-54-34-46(10-18-50(54)62(74-67)77-65)82-42-14-22-58-38(30-42)6-2-26-70-58/h1-36H,(H2,73,74,75,76,77,78,79,80). The average Bonchev–Trinajstić information content (AvgIpc) is 3.50. The fourth-order valence-electron chi connectivity index (χ4n) is 11.0. The molecule has 0 radical (unpaired) electrons. The summed E-state index contributed by atoms with van der Waals surface area (Å²) in [4.78, 5) is 57.0. The van der Waals surface area contributed by atoms with Crippen LogP contribution in [0.5, 0.6) is 46.0 Å². The van der Waals surface area contributed by atoms with Crippen molar-refractivity contribution in [1.82, 2.24) is 59.8 Å². The molecule has 8 aromatic carbocycles. The first kappa shape index (κ1) is 46.8. The molecule has 2 aliphatic heterocycles. The molecular formula is C68H38N12O4. The molecule has 84 heavy (non-hydrogen) atoms. The predicted octanol–water partition coefficient (Wildman–Crippen LogP) is 16.2. The van der Waals surface area contributed by atoms with Crippen molar-refractivity contribution in [3.63, 3.8) is 0 Å². The summed E-state index contributed by atoms with van der Waals surface area (Å²) in [5, 5.41) is 6.80. The highest BCUT2D eigenvalue weighted by Crippen LogP contribution is 2.42. The summed E-state index contributed by atoms with van der Waals surface area (Å²) >= 11 is 0. The van der Waals surface area contributed by atoms with Crippen molar-refractivity contribution in [3.8, 4) is 91.5 Å². The molecule has 7 aromatic heterocycles. The van der Waals surface area contributed by atoms with Gasteiger partial charge in [0.1, 0.15) is 68.6 Å². The van der Waals surface area contributed by atoms with E-state index in [2.05, 4.69) is 29.9 Å². The van der Waals surface area contributed by atoms with Gasteiger partial charge >= 0.3 is 0 Å². The predicted molar refractivity (Wildman–Crippen MR) is 323 cm³/mol. The van der Waals surface area contributed by atoms with Gasteiger partial charge in [0, 0.05) is 90.1 Å². The molecule has 0 atom stereocenters. The van der Waals surface area contributed by atoms with E-state index in [0.29, 0.717) is 103 Å². The van der Waals surface area contributed by atoms with E-state index < -0.39 is 0 Å². The highest BCUT2D eigenvalue weighted by atomic mass is 16.5. The molecule has 394 valence electrons. The van der Waals surface area contributed by atoms with E-state index in [0.717, 1.165) is 76.3 Å². The fraction of sp³-hybridized carbons (Fsp3) is 0. The first-order valence-corrected chi connectivity index (χ1v) is 27.0. The Morgan fingerprint density at radius 3 is 0.881 bits per heavy atom. The molecular weight excluding hydrogens is 1050 g/mol. The van der Waals surface area contributed by atoms with Gasteiger partial charge in [-0.25, -0.2) is 29.9 Å². The van der Waals surface area contributed by atoms with E-state index in [9.17, 15) is 0 Å². The zero-order chi connectivity index (χ0) is 55.2. The summed E-state index contributed by atoms with van der Waals surface area (Å²) in [5.74, 6) is 6.56. The van der Waals surface area contributed by atoms with Crippen LogP contribution in [0.15, 0.2) is 219 Å². The summed E-state index contributed by atoms with van der Waals surface area (Å²) in [6.45, 7) is 0. The minimum atomic E-state index is 0.397. The summed E-state index contributed by atoms with van der Waals surface area (Å²) in [6.07, 6.45) is 7.11. The van der Waals surface area contributed by atoms with E-state index in [1.54, 1.807) is 24.8 Å². The van der Waals surface area contributed by atoms with Crippen LogP contribution >= 0.6 is 0 Å². The Bertz CT molecular complexity index is 5120. The van der Waals surface area contributed by atoms with Gasteiger partial charge in [-0.1, -0.05) is 24.3 Å². The van der Waals surface area contributed by atoms with Crippen LogP contribution in [-0.4, -0.2) is 59.8 Å². The third kappa shape index (κ3) is 8.32. The van der Waals surface area contributed by atoms with Gasteiger partial charge in [-0.2, -0.15) is 0 Å². The van der Waals surface area contributed by atoms with Gasteiger partial charge in [0.2, 0.25) is 0 Å². The summed E-state index contributed by atoms with van der Waals surface area (Å²) < 4.78 is 26.3. The van der Waals surface area contributed by atoms with Crippen LogP contribution in [0, 0.1) is 0 Å². The van der Waals surface area contributed by atoms with Crippen molar-refractivity contribution in [3.05, 3.63) is 219 Å². The topological polar surface area (TPSA) is 197 Å². The minimum Gasteiger partial charge on any atom is -0.457 e. The summed E-state index contributed by atoms with van der Waals surface area (Å²) in [5.41, 5.74) is 8.31. The first-order chi connectivity index (χ1) is 41.5. The molecule has 2 N–H and O–H groups in total. The molecule has 0 saturated carbocycles. The second-order valence-corrected chi connectivity index (χ2v) is 20.3. The largest absolute Gasteiger partial charge is 0.457 e. The van der Waals surface area contributed by atoms with E-state index in [-0.39, 0.29) is 0 Å². The lowest BCUT2D eigenvalue weighted by molar-refractivity contribution is 0.483. The zero-order valence-electron chi connectivity index (χ0n) is 43.9. The van der Waals surface area contributed by atoms with Crippen molar-refractivity contribution >= 4 is 87.7 Å². The summed E-state index contributed by atoms with van der Waals surface area (Å²) in [6, 6.07) is 62.3. The molecule has 0 fully saturated rings. The van der Waals surface area contributed by atoms with Gasteiger partial charge in [-0.05, 0) is 170 Å². The number of nitrogens with one attached hydrogen (secondary N) is 2. The van der Waals surface area contributed by atoms with Gasteiger partial charge in [0.15, 0.2) is 23.3 Å². The van der Waals surface area contributed by atoms with E-state index >= 15 is 0 Å². The second-order valence-electron chi connectivity index (χ2n) is 20.3. The van der Waals surface area contributed by atoms with Crippen LogP contribution in [0.3, 0.4) is 0 Å². The molecule has 16 heteroatoms. The monoisotopic (exact) mass is 1090 g/mol. The SMILES string of the molecule is c1cnc2ccc(Oc3ccc4c(c3)-c3nc-4nc4[nH]c(nc5nc(nc6[nH]c(n3)c3ccc(Oc7ccc8ncccc8c7)cc63)-c3ccc(Oc6ccc7ncccc7c6)cc3-5)c3ccc(Oc5ccc6ncccc6c5)cc43)cc2c1. The van der Waals surface area contributed by atoms with Crippen molar-refractivity contribution in [2.75, 3.05) is 0 Å². The maximum Gasteiger partial charge on any atom is 0.164 e. The highest BCUT2D eigenvalue weighted by molar-refractivity contribution is 6.07. The van der Waals surface area contributed by atoms with E-state index in [1.807, 2.05) is 194 Å². The highest BCUT2D eigenvalue weighted by Gasteiger charge is 2.25. The number of hydrogen-bond acceptors (Lipinski definition) is 14. The third-order valence-corrected chi connectivity index (χ3v) is 15.0. The number of rotatable bonds is 8. The van der Waals surface area contributed by atoms with Gasteiger partial charge < -0.3 is 28.9 Å². The number of benzene rings is 8. The lowest BCUT2D eigenvalue weighted by Crippen LogP contribution is -1.88. The second kappa shape index (κ2) is 18.8. The molecule has 16 nitrogen and oxygen atoms in total. The Morgan fingerprint density at radius 2 is 0.524 bits per heavy atom. The zero-order valence-corrected chi connectivity index (χ0v) is 43.9. The van der Waals surface area contributed by atoms with Crippen LogP contribution in [0.4, 0.5) is 0 Å². The van der Waals surface area contributed by atoms with Gasteiger partial charge in [0.25, 0.3) is 0 Å². The van der Waals surface area contributed by atoms with Crippen LogP contribution in [0.2, 0.25) is 0 Å². The number of aromatic nitrogens is 12. The van der Waals surface area contributed by atoms with Crippen LogP contribution in [-0.2, 0) is 0 Å². The van der Waals surface area contributed by atoms with Crippen molar-refractivity contribution in [2.24, 2.45) is 0 Å². The smallest absolute Gasteiger partial charge is 0.164 e. The maximum atomic E-state index is 6.57. The number of aromatic amines is 2. The lowest BCUT2D eigenvalue weighted by atomic mass is 10.1. The Labute approximate surface area is 474 Å². The maximum absolute atomic E-state index is 6.57. The Hall–Kier alpha value is -12.0. The summed E-state index contributed by atoms with van der Waals surface area (Å²) in [7, 11) is 0. The van der Waals surface area contributed by atoms with E-state index in [4.69, 9.17) is 48.9 Å². The molecule has 2 aliphatic rings. The molecule has 0 aliphatic carbocycles. The van der Waals surface area contributed by atoms with Crippen LogP contribution < -0.4 is 18.9 Å². The fourth-order valence-corrected chi connectivity index (χ4v) is 11.0. The third-order valence-electron chi connectivity index (χ3n) is 15.0. The Kier molecular flexibility index (Phi) is 10.5. The molecule has 0 saturated heterocycles. The number of hydrogen-bond donors (Lipinski definition) is 2. The number of nitrogens with zero attached hydrogens (tertiary/aromatic N) is 10. The van der Waals surface area contributed by atoms with Crippen LogP contribution in [0.1, 0.15) is 0 Å². The number of ether oxygens (including phenoxy) is 4. The molecule has 0 spiro atoms. The van der Waals surface area contributed by atoms with Gasteiger partial charge in [-0.3, -0.25) is 19.9 Å². The van der Waals surface area contributed by atoms with Gasteiger partial charge in [0.05, 0.1) is 22.1 Å². The Balaban J connectivity index is 0.883. The molecule has 0 amide bonds.